The first-order valence-corrected chi connectivity index (χ1v) is 11.7. The standard InChI is InChI=1S/C29H25F3N2O4/c1-4-19(28(37)38)12-18-5-8-24(26(35)13-18)33-15-23-22-7-6-20(29(30,31)32)14-25(22)34(27(23)36)21-10-16(2)9-17(3)11-21/h5-15,35-36H,4H2,1-3H3,(H,37,38)/b19-12+,33-15?. The van der Waals surface area contributed by atoms with Crippen LogP contribution in [0.5, 0.6) is 11.6 Å². The third-order valence-electron chi connectivity index (χ3n) is 6.10. The molecule has 0 saturated heterocycles. The molecule has 1 heterocycles. The molecule has 6 nitrogen and oxygen atoms in total. The Labute approximate surface area is 216 Å². The predicted octanol–water partition coefficient (Wildman–Crippen LogP) is 7.31. The summed E-state index contributed by atoms with van der Waals surface area (Å²) in [5.74, 6) is -1.59. The zero-order valence-corrected chi connectivity index (χ0v) is 20.8. The van der Waals surface area contributed by atoms with Gasteiger partial charge in [0.2, 0.25) is 5.88 Å². The summed E-state index contributed by atoms with van der Waals surface area (Å²) in [4.78, 5) is 15.5. The number of hydrogen-bond donors (Lipinski definition) is 3. The number of carbonyl (C=O) groups is 1. The lowest BCUT2D eigenvalue weighted by atomic mass is 10.1. The van der Waals surface area contributed by atoms with Gasteiger partial charge in [-0.3, -0.25) is 9.56 Å². The van der Waals surface area contributed by atoms with Gasteiger partial charge in [0.1, 0.15) is 11.4 Å². The van der Waals surface area contributed by atoms with Crippen LogP contribution < -0.4 is 0 Å². The van der Waals surface area contributed by atoms with E-state index in [1.807, 2.05) is 19.9 Å². The van der Waals surface area contributed by atoms with Crippen molar-refractivity contribution >= 4 is 34.9 Å². The molecule has 0 atom stereocenters. The van der Waals surface area contributed by atoms with E-state index in [-0.39, 0.29) is 34.0 Å². The van der Waals surface area contributed by atoms with E-state index in [0.717, 1.165) is 23.3 Å². The highest BCUT2D eigenvalue weighted by molar-refractivity contribution is 6.04. The number of fused-ring (bicyclic) bond motifs is 1. The van der Waals surface area contributed by atoms with Crippen LogP contribution in [0.25, 0.3) is 22.7 Å². The lowest BCUT2D eigenvalue weighted by Crippen LogP contribution is -2.05. The molecule has 0 unspecified atom stereocenters. The number of phenolic OH excluding ortho intramolecular Hbond substituents is 1. The van der Waals surface area contributed by atoms with Gasteiger partial charge in [0.15, 0.2) is 0 Å². The second-order valence-electron chi connectivity index (χ2n) is 8.98. The van der Waals surface area contributed by atoms with Crippen LogP contribution in [0, 0.1) is 13.8 Å². The Morgan fingerprint density at radius 2 is 1.68 bits per heavy atom. The quantitative estimate of drug-likeness (QED) is 0.183. The fourth-order valence-electron chi connectivity index (χ4n) is 4.33. The molecule has 38 heavy (non-hydrogen) atoms. The van der Waals surface area contributed by atoms with E-state index in [1.165, 1.54) is 35.1 Å². The zero-order chi connectivity index (χ0) is 27.8. The van der Waals surface area contributed by atoms with Crippen LogP contribution in [-0.2, 0) is 11.0 Å². The molecule has 0 radical (unpaired) electrons. The lowest BCUT2D eigenvalue weighted by molar-refractivity contribution is -0.137. The number of aliphatic imine (C=N–C) groups is 1. The number of benzene rings is 3. The fourth-order valence-corrected chi connectivity index (χ4v) is 4.33. The van der Waals surface area contributed by atoms with Crippen molar-refractivity contribution in [3.63, 3.8) is 0 Å². The Morgan fingerprint density at radius 1 is 1.00 bits per heavy atom. The molecule has 0 bridgehead atoms. The number of carboxylic acid groups (broad SMARTS) is 1. The molecule has 0 aliphatic rings. The summed E-state index contributed by atoms with van der Waals surface area (Å²) < 4.78 is 41.9. The van der Waals surface area contributed by atoms with Gasteiger partial charge in [-0.05, 0) is 79.4 Å². The molecule has 0 spiro atoms. The van der Waals surface area contributed by atoms with E-state index < -0.39 is 17.7 Å². The molecular formula is C29H25F3N2O4. The number of aromatic hydroxyl groups is 2. The first kappa shape index (κ1) is 26.5. The smallest absolute Gasteiger partial charge is 0.416 e. The third-order valence-corrected chi connectivity index (χ3v) is 6.10. The van der Waals surface area contributed by atoms with Crippen molar-refractivity contribution in [3.8, 4) is 17.3 Å². The topological polar surface area (TPSA) is 95.0 Å². The maximum Gasteiger partial charge on any atom is 0.416 e. The average Bonchev–Trinajstić information content (AvgIpc) is 3.11. The normalized spacial score (nSPS) is 12.5. The molecule has 4 rings (SSSR count). The third kappa shape index (κ3) is 5.27. The average molecular weight is 523 g/mol. The van der Waals surface area contributed by atoms with Crippen LogP contribution in [-0.4, -0.2) is 32.1 Å². The molecule has 3 aromatic carbocycles. The van der Waals surface area contributed by atoms with Gasteiger partial charge in [0, 0.05) is 22.9 Å². The van der Waals surface area contributed by atoms with E-state index in [2.05, 4.69) is 4.99 Å². The summed E-state index contributed by atoms with van der Waals surface area (Å²) in [5.41, 5.74) is 2.48. The van der Waals surface area contributed by atoms with Crippen LogP contribution in [0.2, 0.25) is 0 Å². The monoisotopic (exact) mass is 522 g/mol. The van der Waals surface area contributed by atoms with E-state index in [0.29, 0.717) is 23.1 Å². The number of rotatable bonds is 6. The molecule has 0 amide bonds. The summed E-state index contributed by atoms with van der Waals surface area (Å²) in [6, 6.07) is 13.1. The first-order valence-electron chi connectivity index (χ1n) is 11.7. The second-order valence-corrected chi connectivity index (χ2v) is 8.98. The molecule has 196 valence electrons. The van der Waals surface area contributed by atoms with Gasteiger partial charge in [0.25, 0.3) is 0 Å². The first-order chi connectivity index (χ1) is 17.9. The van der Waals surface area contributed by atoms with Gasteiger partial charge in [-0.25, -0.2) is 4.79 Å². The van der Waals surface area contributed by atoms with E-state index in [4.69, 9.17) is 0 Å². The number of aliphatic carboxylic acids is 1. The number of alkyl halides is 3. The number of halogens is 3. The van der Waals surface area contributed by atoms with E-state index >= 15 is 0 Å². The predicted molar refractivity (Wildman–Crippen MR) is 141 cm³/mol. The Bertz CT molecular complexity index is 1590. The molecule has 1 aromatic heterocycles. The molecular weight excluding hydrogens is 497 g/mol. The maximum atomic E-state index is 13.5. The van der Waals surface area contributed by atoms with Crippen molar-refractivity contribution in [1.29, 1.82) is 0 Å². The largest absolute Gasteiger partial charge is 0.506 e. The van der Waals surface area contributed by atoms with Gasteiger partial charge < -0.3 is 15.3 Å². The molecule has 9 heteroatoms. The van der Waals surface area contributed by atoms with Crippen molar-refractivity contribution < 1.29 is 33.3 Å². The highest BCUT2D eigenvalue weighted by Gasteiger charge is 2.31. The highest BCUT2D eigenvalue weighted by atomic mass is 19.4. The minimum Gasteiger partial charge on any atom is -0.506 e. The van der Waals surface area contributed by atoms with Crippen LogP contribution in [0.1, 0.15) is 41.2 Å². The van der Waals surface area contributed by atoms with Crippen LogP contribution >= 0.6 is 0 Å². The fraction of sp³-hybridized carbons (Fsp3) is 0.172. The van der Waals surface area contributed by atoms with Gasteiger partial charge in [-0.1, -0.05) is 25.1 Å². The number of aromatic nitrogens is 1. The van der Waals surface area contributed by atoms with Crippen LogP contribution in [0.4, 0.5) is 18.9 Å². The molecule has 0 saturated carbocycles. The van der Waals surface area contributed by atoms with Crippen molar-refractivity contribution in [1.82, 2.24) is 4.57 Å². The molecule has 0 aliphatic heterocycles. The Morgan fingerprint density at radius 3 is 2.26 bits per heavy atom. The van der Waals surface area contributed by atoms with Gasteiger partial charge in [0.05, 0.1) is 16.6 Å². The van der Waals surface area contributed by atoms with Crippen LogP contribution in [0.3, 0.4) is 0 Å². The van der Waals surface area contributed by atoms with Gasteiger partial charge in [-0.2, -0.15) is 13.2 Å². The van der Waals surface area contributed by atoms with E-state index in [1.54, 1.807) is 25.1 Å². The highest BCUT2D eigenvalue weighted by Crippen LogP contribution is 2.38. The van der Waals surface area contributed by atoms with E-state index in [9.17, 15) is 33.3 Å². The summed E-state index contributed by atoms with van der Waals surface area (Å²) in [7, 11) is 0. The summed E-state index contributed by atoms with van der Waals surface area (Å²) in [5, 5.41) is 31.2. The molecule has 3 N–H and O–H groups in total. The van der Waals surface area contributed by atoms with Gasteiger partial charge >= 0.3 is 12.1 Å². The number of hydrogen-bond acceptors (Lipinski definition) is 4. The maximum absolute atomic E-state index is 13.5. The summed E-state index contributed by atoms with van der Waals surface area (Å²) in [6.45, 7) is 5.41. The minimum absolute atomic E-state index is 0.133. The SMILES string of the molecule is CC/C(=C\c1ccc(N=Cc2c(O)n(-c3cc(C)cc(C)c3)c3cc(C(F)(F)F)ccc23)c(O)c1)C(=O)O. The Balaban J connectivity index is 1.85. The molecule has 4 aromatic rings. The number of nitrogens with zero attached hydrogens (tertiary/aromatic N) is 2. The zero-order valence-electron chi connectivity index (χ0n) is 20.8. The summed E-state index contributed by atoms with van der Waals surface area (Å²) in [6.07, 6.45) is -1.55. The number of phenols is 1. The second kappa shape index (κ2) is 10.1. The molecule has 0 fully saturated rings. The Hall–Kier alpha value is -4.53. The van der Waals surface area contributed by atoms with Crippen molar-refractivity contribution in [3.05, 3.63) is 88.0 Å². The number of aryl methyl sites for hydroxylation is 2. The van der Waals surface area contributed by atoms with Crippen molar-refractivity contribution in [2.75, 3.05) is 0 Å². The van der Waals surface area contributed by atoms with Crippen molar-refractivity contribution in [2.24, 2.45) is 4.99 Å². The lowest BCUT2D eigenvalue weighted by Gasteiger charge is -2.11. The number of carboxylic acids is 1. The Kier molecular flexibility index (Phi) is 7.04. The summed E-state index contributed by atoms with van der Waals surface area (Å²) >= 11 is 0. The van der Waals surface area contributed by atoms with Crippen LogP contribution in [0.15, 0.2) is 65.2 Å². The minimum atomic E-state index is -4.57. The van der Waals surface area contributed by atoms with Gasteiger partial charge in [-0.15, -0.1) is 0 Å². The molecule has 0 aliphatic carbocycles. The van der Waals surface area contributed by atoms with Crippen molar-refractivity contribution in [2.45, 2.75) is 33.4 Å².